The topological polar surface area (TPSA) is 89.9 Å². The Hall–Kier alpha value is -1.53. The molecule has 0 heterocycles. The van der Waals surface area contributed by atoms with Gasteiger partial charge in [-0.15, -0.1) is 4.79 Å². The first-order valence-corrected chi connectivity index (χ1v) is 1.14. The minimum Gasteiger partial charge on any atom is -0.362 e. The summed E-state index contributed by atoms with van der Waals surface area (Å²) < 4.78 is 0. The van der Waals surface area contributed by atoms with E-state index in [2.05, 4.69) is 11.5 Å². The minimum atomic E-state index is 0.861. The number of carbonyl (C=O) groups excluding carboxylic acids is 1. The molecule has 0 aliphatic rings. The summed E-state index contributed by atoms with van der Waals surface area (Å²) in [5.41, 5.74) is 14.2. The van der Waals surface area contributed by atoms with Crippen LogP contribution in [0.5, 0.6) is 0 Å². The third kappa shape index (κ3) is 97.1. The predicted octanol–water partition coefficient (Wildman–Crippen LogP) is -0.531. The number of hydrogen-bond donors (Lipinski definition) is 0. The van der Waals surface area contributed by atoms with Crippen LogP contribution in [0, 0.1) is 0 Å². The highest BCUT2D eigenvalue weighted by Crippen LogP contribution is 0.990. The van der Waals surface area contributed by atoms with Gasteiger partial charge >= 0.3 is 6.08 Å². The summed E-state index contributed by atoms with van der Waals surface area (Å²) in [7, 11) is 0. The van der Waals surface area contributed by atoms with Gasteiger partial charge in [-0.25, -0.2) is 0 Å². The van der Waals surface area contributed by atoms with Crippen LogP contribution in [-0.4, -0.2) is 22.4 Å². The summed E-state index contributed by atoms with van der Waals surface area (Å²) >= 11 is 0. The second-order valence-corrected chi connectivity index (χ2v) is 0.333. The molecule has 0 aliphatic carbocycles. The van der Waals surface area contributed by atoms with E-state index in [1.165, 1.54) is 0 Å². The van der Waals surface area contributed by atoms with E-state index < -0.39 is 0 Å². The maximum Gasteiger partial charge on any atom is 0.557 e. The van der Waals surface area contributed by atoms with Crippen LogP contribution >= 0.6 is 0 Å². The Morgan fingerprint density at radius 3 is 1.71 bits per heavy atom. The molecule has 0 amide bonds. The fourth-order valence-electron chi connectivity index (χ4n) is 0. The minimum absolute atomic E-state index is 0.861. The monoisotopic (exact) mass is 98.0 g/mol. The van der Waals surface area contributed by atoms with Gasteiger partial charge in [-0.3, -0.25) is 0 Å². The highest BCUT2D eigenvalue weighted by atomic mass is 16.1. The molecule has 7 heavy (non-hydrogen) atoms. The van der Waals surface area contributed by atoms with Gasteiger partial charge in [0.1, 0.15) is 0 Å². The molecule has 36 valence electrons. The lowest BCUT2D eigenvalue weighted by molar-refractivity contribution is -0.00454. The van der Waals surface area contributed by atoms with Gasteiger partial charge in [-0.2, -0.15) is 4.79 Å². The van der Waals surface area contributed by atoms with Gasteiger partial charge in [-0.05, 0) is 0 Å². The standard InChI is InChI=1S/CN2O.CH2N2/c2-3-1-4;1-3-2/h;1H2. The van der Waals surface area contributed by atoms with Crippen LogP contribution in [0.25, 0.3) is 11.1 Å². The molecule has 5 nitrogen and oxygen atoms in total. The van der Waals surface area contributed by atoms with Crippen LogP contribution in [0.2, 0.25) is 0 Å². The highest BCUT2D eigenvalue weighted by Gasteiger charge is 1.34. The van der Waals surface area contributed by atoms with Gasteiger partial charge in [-0.1, -0.05) is 4.79 Å². The average Bonchev–Trinajstić information content (AvgIpc) is 1.69. The first-order chi connectivity index (χ1) is 3.33. The second-order valence-electron chi connectivity index (χ2n) is 0.333. The third-order valence-electron chi connectivity index (χ3n) is 0.0408. The van der Waals surface area contributed by atoms with Gasteiger partial charge in [0.15, 0.2) is 0 Å². The first kappa shape index (κ1) is 9.08. The van der Waals surface area contributed by atoms with Crippen molar-refractivity contribution < 1.29 is 14.4 Å². The van der Waals surface area contributed by atoms with E-state index in [1.807, 2.05) is 4.79 Å². The van der Waals surface area contributed by atoms with Crippen molar-refractivity contribution in [3.8, 4) is 0 Å². The quantitative estimate of drug-likeness (QED) is 0.173. The van der Waals surface area contributed by atoms with Crippen molar-refractivity contribution >= 4 is 12.8 Å². The summed E-state index contributed by atoms with van der Waals surface area (Å²) in [6, 6.07) is 0. The Labute approximate surface area is 39.4 Å². The van der Waals surface area contributed by atoms with Crippen molar-refractivity contribution in [2.45, 2.75) is 0 Å². The van der Waals surface area contributed by atoms with Gasteiger partial charge in [0, 0.05) is 0 Å². The van der Waals surface area contributed by atoms with E-state index in [1.54, 1.807) is 0 Å². The van der Waals surface area contributed by atoms with Crippen molar-refractivity contribution in [1.29, 1.82) is 0 Å². The van der Waals surface area contributed by atoms with E-state index in [0.29, 0.717) is 0 Å². The highest BCUT2D eigenvalue weighted by molar-refractivity contribution is 5.22. The molecule has 0 N–H and O–H groups in total. The first-order valence-electron chi connectivity index (χ1n) is 1.14. The molecule has 0 radical (unpaired) electrons. The van der Waals surface area contributed by atoms with Crippen LogP contribution in [0.15, 0.2) is 0 Å². The number of hydrogen-bond acceptors (Lipinski definition) is 1. The lowest BCUT2D eigenvalue weighted by atomic mass is 11.7. The molecular weight excluding hydrogens is 96.0 g/mol. The molecule has 5 heteroatoms. The number of rotatable bonds is 0. The zero-order chi connectivity index (χ0) is 6.12. The molecule has 0 fully saturated rings. The van der Waals surface area contributed by atoms with Crippen LogP contribution in [0.4, 0.5) is 0 Å². The van der Waals surface area contributed by atoms with E-state index in [-0.39, 0.29) is 0 Å². The zero-order valence-corrected chi connectivity index (χ0v) is 3.40. The maximum atomic E-state index is 8.63. The molecule has 0 aromatic carbocycles. The summed E-state index contributed by atoms with van der Waals surface area (Å²) in [5, 5.41) is 0. The van der Waals surface area contributed by atoms with Gasteiger partial charge in [0.05, 0.1) is 0 Å². The van der Waals surface area contributed by atoms with Crippen LogP contribution in [0.3, 0.4) is 0 Å². The fourth-order valence-corrected chi connectivity index (χ4v) is 0. The van der Waals surface area contributed by atoms with Gasteiger partial charge in [0.25, 0.3) is 0 Å². The summed E-state index contributed by atoms with van der Waals surface area (Å²) in [5.74, 6) is 0. The predicted molar refractivity (Wildman–Crippen MR) is 20.1 cm³/mol. The second kappa shape index (κ2) is 24.9. The third-order valence-corrected chi connectivity index (χ3v) is 0.0408. The van der Waals surface area contributed by atoms with E-state index >= 15 is 0 Å². The summed E-state index contributed by atoms with van der Waals surface area (Å²) in [4.78, 5) is 12.8. The van der Waals surface area contributed by atoms with Gasteiger partial charge in [0.2, 0.25) is 6.72 Å². The lowest BCUT2D eigenvalue weighted by Crippen LogP contribution is -1.37. The number of nitrogens with zero attached hydrogens (tertiary/aromatic N) is 4. The lowest BCUT2D eigenvalue weighted by Gasteiger charge is -1.16. The largest absolute Gasteiger partial charge is 0.557 e. The smallest absolute Gasteiger partial charge is 0.362 e. The Kier molecular flexibility index (Phi) is 32.3. The Morgan fingerprint density at radius 1 is 1.57 bits per heavy atom. The van der Waals surface area contributed by atoms with Crippen molar-refractivity contribution in [1.82, 2.24) is 0 Å². The molecule has 0 unspecified atom stereocenters. The van der Waals surface area contributed by atoms with Gasteiger partial charge < -0.3 is 11.1 Å². The van der Waals surface area contributed by atoms with Crippen LogP contribution < -0.4 is 0 Å². The zero-order valence-electron chi connectivity index (χ0n) is 3.40. The summed E-state index contributed by atoms with van der Waals surface area (Å²) in [6.45, 7) is 2.67. The van der Waals surface area contributed by atoms with E-state index in [4.69, 9.17) is 15.9 Å². The molecule has 0 saturated heterocycles. The molecule has 0 atom stereocenters. The van der Waals surface area contributed by atoms with E-state index in [9.17, 15) is 0 Å². The Balaban J connectivity index is 0. The summed E-state index contributed by atoms with van der Waals surface area (Å²) in [6.07, 6.45) is 0.861. The Bertz CT molecular complexity index is 113. The van der Waals surface area contributed by atoms with Crippen molar-refractivity contribution in [3.63, 3.8) is 0 Å². The molecule has 0 spiro atoms. The SMILES string of the molecule is C=[N+]=[N-].[N-]=[N+]=C=O. The molecule has 0 aliphatic heterocycles. The Morgan fingerprint density at radius 2 is 1.71 bits per heavy atom. The molecule has 0 saturated carbocycles. The van der Waals surface area contributed by atoms with Crippen LogP contribution in [-0.2, 0) is 4.79 Å². The molecule has 0 aromatic heterocycles. The maximum absolute atomic E-state index is 8.63. The molecular formula is C2H2N4O. The molecule has 0 rings (SSSR count). The fraction of sp³-hybridized carbons (Fsp3) is 0. The number of isocyanates is 1. The average molecular weight is 98.1 g/mol. The normalized spacial score (nSPS) is 2.86. The molecule has 0 aromatic rings. The van der Waals surface area contributed by atoms with E-state index in [0.717, 1.165) is 6.08 Å². The van der Waals surface area contributed by atoms with Crippen molar-refractivity contribution in [3.05, 3.63) is 11.1 Å². The van der Waals surface area contributed by atoms with Crippen LogP contribution in [0.1, 0.15) is 0 Å². The molecule has 0 bridgehead atoms. The van der Waals surface area contributed by atoms with Crippen molar-refractivity contribution in [2.75, 3.05) is 0 Å². The van der Waals surface area contributed by atoms with Crippen molar-refractivity contribution in [2.24, 2.45) is 0 Å².